The van der Waals surface area contributed by atoms with Crippen LogP contribution in [0.3, 0.4) is 0 Å². The van der Waals surface area contributed by atoms with Crippen LogP contribution >= 0.6 is 0 Å². The lowest BCUT2D eigenvalue weighted by molar-refractivity contribution is 0.520. The predicted molar refractivity (Wildman–Crippen MR) is 133 cm³/mol. The van der Waals surface area contributed by atoms with Crippen LogP contribution in [0.25, 0.3) is 16.8 Å². The zero-order chi connectivity index (χ0) is 23.0. The Labute approximate surface area is 194 Å². The van der Waals surface area contributed by atoms with E-state index in [1.54, 1.807) is 6.33 Å². The second-order valence-electron chi connectivity index (χ2n) is 9.88. The fourth-order valence-electron chi connectivity index (χ4n) is 4.39. The normalized spacial score (nSPS) is 15.2. The Balaban J connectivity index is 1.31. The molecular formula is C26H31N7. The van der Waals surface area contributed by atoms with E-state index in [4.69, 9.17) is 10.1 Å². The van der Waals surface area contributed by atoms with E-state index in [2.05, 4.69) is 71.3 Å². The molecule has 1 saturated heterocycles. The third-order valence-electron chi connectivity index (χ3n) is 6.37. The summed E-state index contributed by atoms with van der Waals surface area (Å²) in [6, 6.07) is 15.3. The number of piperidine rings is 1. The van der Waals surface area contributed by atoms with Crippen molar-refractivity contribution in [2.75, 3.05) is 23.3 Å². The van der Waals surface area contributed by atoms with Gasteiger partial charge in [-0.3, -0.25) is 0 Å². The summed E-state index contributed by atoms with van der Waals surface area (Å²) in [4.78, 5) is 15.8. The molecule has 3 aromatic heterocycles. The largest absolute Gasteiger partial charge is 0.356 e. The van der Waals surface area contributed by atoms with Gasteiger partial charge < -0.3 is 10.2 Å². The summed E-state index contributed by atoms with van der Waals surface area (Å²) < 4.78 is 1.87. The van der Waals surface area contributed by atoms with Crippen LogP contribution in [-0.4, -0.2) is 43.7 Å². The molecule has 4 aromatic rings. The van der Waals surface area contributed by atoms with Gasteiger partial charge in [-0.1, -0.05) is 45.0 Å². The van der Waals surface area contributed by atoms with Gasteiger partial charge in [0.05, 0.1) is 0 Å². The molecule has 1 aliphatic heterocycles. The van der Waals surface area contributed by atoms with Gasteiger partial charge in [0, 0.05) is 42.7 Å². The smallest absolute Gasteiger partial charge is 0.243 e. The van der Waals surface area contributed by atoms with E-state index >= 15 is 0 Å². The number of pyridine rings is 1. The van der Waals surface area contributed by atoms with Gasteiger partial charge in [0.2, 0.25) is 5.95 Å². The van der Waals surface area contributed by atoms with Crippen LogP contribution in [0.4, 0.5) is 11.8 Å². The summed E-state index contributed by atoms with van der Waals surface area (Å²) in [6.45, 7) is 10.6. The molecule has 0 bridgehead atoms. The minimum atomic E-state index is 0.137. The molecule has 170 valence electrons. The number of fused-ring (bicyclic) bond motifs is 1. The van der Waals surface area contributed by atoms with Crippen molar-refractivity contribution in [1.29, 1.82) is 0 Å². The highest BCUT2D eigenvalue weighted by atomic mass is 15.4. The summed E-state index contributed by atoms with van der Waals surface area (Å²) in [7, 11) is 0. The van der Waals surface area contributed by atoms with Gasteiger partial charge in [-0.25, -0.2) is 14.5 Å². The van der Waals surface area contributed by atoms with Crippen molar-refractivity contribution in [3.05, 3.63) is 66.2 Å². The third kappa shape index (κ3) is 4.53. The van der Waals surface area contributed by atoms with Gasteiger partial charge in [-0.2, -0.15) is 4.98 Å². The molecule has 0 atom stereocenters. The molecule has 0 spiro atoms. The lowest BCUT2D eigenvalue weighted by Crippen LogP contribution is -2.39. The first kappa shape index (κ1) is 21.4. The molecule has 1 fully saturated rings. The maximum Gasteiger partial charge on any atom is 0.243 e. The number of nitrogens with one attached hydrogen (secondary N) is 1. The summed E-state index contributed by atoms with van der Waals surface area (Å²) in [5.41, 5.74) is 5.58. The van der Waals surface area contributed by atoms with Crippen molar-refractivity contribution in [3.8, 4) is 11.1 Å². The van der Waals surface area contributed by atoms with Crippen molar-refractivity contribution in [2.24, 2.45) is 0 Å². The number of aryl methyl sites for hydroxylation is 1. The minimum absolute atomic E-state index is 0.137. The zero-order valence-electron chi connectivity index (χ0n) is 19.8. The van der Waals surface area contributed by atoms with E-state index in [-0.39, 0.29) is 5.41 Å². The summed E-state index contributed by atoms with van der Waals surface area (Å²) >= 11 is 0. The van der Waals surface area contributed by atoms with E-state index < -0.39 is 0 Å². The highest BCUT2D eigenvalue weighted by Gasteiger charge is 2.22. The number of benzene rings is 1. The molecule has 7 nitrogen and oxygen atoms in total. The molecule has 4 heterocycles. The first-order chi connectivity index (χ1) is 15.9. The molecule has 0 amide bonds. The summed E-state index contributed by atoms with van der Waals surface area (Å²) in [6.07, 6.45) is 5.63. The van der Waals surface area contributed by atoms with Crippen molar-refractivity contribution in [1.82, 2.24) is 24.6 Å². The number of anilines is 2. The molecule has 0 aliphatic carbocycles. The molecule has 7 heteroatoms. The SMILES string of the molecule is Cc1cc(N2CCC(Nc3nc4c(-c5ccc(C(C)(C)C)cc5)cccn4n3)CC2)ncn1. The first-order valence-electron chi connectivity index (χ1n) is 11.6. The zero-order valence-corrected chi connectivity index (χ0v) is 19.8. The van der Waals surface area contributed by atoms with Gasteiger partial charge in [0.25, 0.3) is 0 Å². The van der Waals surface area contributed by atoms with E-state index in [1.807, 2.05) is 29.8 Å². The second-order valence-corrected chi connectivity index (χ2v) is 9.88. The van der Waals surface area contributed by atoms with Crippen LogP contribution in [0.1, 0.15) is 44.9 Å². The van der Waals surface area contributed by atoms with Gasteiger partial charge in [0.15, 0.2) is 5.65 Å². The van der Waals surface area contributed by atoms with Crippen LogP contribution in [0, 0.1) is 6.92 Å². The first-order valence-corrected chi connectivity index (χ1v) is 11.6. The number of hydrogen-bond acceptors (Lipinski definition) is 6. The van der Waals surface area contributed by atoms with Crippen molar-refractivity contribution in [3.63, 3.8) is 0 Å². The van der Waals surface area contributed by atoms with Crippen LogP contribution in [0.5, 0.6) is 0 Å². The Morgan fingerprint density at radius 1 is 1.00 bits per heavy atom. The molecule has 0 saturated carbocycles. The fraction of sp³-hybridized carbons (Fsp3) is 0.385. The van der Waals surface area contributed by atoms with Crippen molar-refractivity contribution in [2.45, 2.75) is 52.0 Å². The molecule has 0 unspecified atom stereocenters. The van der Waals surface area contributed by atoms with Crippen LogP contribution < -0.4 is 10.2 Å². The quantitative estimate of drug-likeness (QED) is 0.487. The van der Waals surface area contributed by atoms with Gasteiger partial charge in [-0.15, -0.1) is 5.10 Å². The predicted octanol–water partition coefficient (Wildman–Crippen LogP) is 4.87. The third-order valence-corrected chi connectivity index (χ3v) is 6.37. The minimum Gasteiger partial charge on any atom is -0.356 e. The lowest BCUT2D eigenvalue weighted by Gasteiger charge is -2.32. The van der Waals surface area contributed by atoms with Crippen molar-refractivity contribution >= 4 is 17.4 Å². The Bertz CT molecular complexity index is 1250. The monoisotopic (exact) mass is 441 g/mol. The average molecular weight is 442 g/mol. The molecular weight excluding hydrogens is 410 g/mol. The highest BCUT2D eigenvalue weighted by Crippen LogP contribution is 2.28. The maximum atomic E-state index is 4.85. The molecule has 33 heavy (non-hydrogen) atoms. The Hall–Kier alpha value is -3.48. The Morgan fingerprint density at radius 2 is 1.76 bits per heavy atom. The average Bonchev–Trinajstić information content (AvgIpc) is 3.21. The number of aromatic nitrogens is 5. The van der Waals surface area contributed by atoms with Crippen LogP contribution in [-0.2, 0) is 5.41 Å². The topological polar surface area (TPSA) is 71.2 Å². The van der Waals surface area contributed by atoms with Gasteiger partial charge in [0.1, 0.15) is 12.1 Å². The summed E-state index contributed by atoms with van der Waals surface area (Å²) in [5.74, 6) is 1.69. The van der Waals surface area contributed by atoms with Crippen LogP contribution in [0.2, 0.25) is 0 Å². The molecule has 5 rings (SSSR count). The molecule has 0 radical (unpaired) electrons. The van der Waals surface area contributed by atoms with Gasteiger partial charge >= 0.3 is 0 Å². The number of nitrogens with zero attached hydrogens (tertiary/aromatic N) is 6. The van der Waals surface area contributed by atoms with Gasteiger partial charge in [-0.05, 0) is 48.4 Å². The van der Waals surface area contributed by atoms with Crippen LogP contribution in [0.15, 0.2) is 55.0 Å². The van der Waals surface area contributed by atoms with E-state index in [9.17, 15) is 0 Å². The van der Waals surface area contributed by atoms with E-state index in [0.717, 1.165) is 54.2 Å². The lowest BCUT2D eigenvalue weighted by atomic mass is 9.86. The standard InChI is InChI=1S/C26H31N7/c1-18-16-23(28-17-27-18)32-14-11-21(12-15-32)29-25-30-24-22(6-5-13-33(24)31-25)19-7-9-20(10-8-19)26(2,3)4/h5-10,13,16-17,21H,11-12,14-15H2,1-4H3,(H,29,31). The van der Waals surface area contributed by atoms with E-state index in [1.165, 1.54) is 5.56 Å². The summed E-state index contributed by atoms with van der Waals surface area (Å²) in [5, 5.41) is 8.26. The molecule has 1 aliphatic rings. The number of rotatable bonds is 4. The fourth-order valence-corrected chi connectivity index (χ4v) is 4.39. The Morgan fingerprint density at radius 3 is 2.45 bits per heavy atom. The van der Waals surface area contributed by atoms with E-state index in [0.29, 0.717) is 12.0 Å². The molecule has 1 N–H and O–H groups in total. The molecule has 1 aromatic carbocycles. The maximum absolute atomic E-state index is 4.85. The van der Waals surface area contributed by atoms with Crippen molar-refractivity contribution < 1.29 is 0 Å². The Kier molecular flexibility index (Phi) is 5.48. The second kappa shape index (κ2) is 8.46. The number of hydrogen-bond donors (Lipinski definition) is 1. The highest BCUT2D eigenvalue weighted by molar-refractivity contribution is 5.78.